The molecule has 0 unspecified atom stereocenters. The maximum absolute atomic E-state index is 6.19. The Morgan fingerprint density at radius 2 is 1.83 bits per heavy atom. The smallest absolute Gasteiger partial charge is 0.186 e. The van der Waals surface area contributed by atoms with Gasteiger partial charge in [0, 0.05) is 11.8 Å². The minimum atomic E-state index is -0.576. The Hall–Kier alpha value is 0.500. The first-order valence-electron chi connectivity index (χ1n) is 4.22. The third kappa shape index (κ3) is 1.17. The summed E-state index contributed by atoms with van der Waals surface area (Å²) in [5, 5.41) is -0.0342. The van der Waals surface area contributed by atoms with Gasteiger partial charge in [-0.05, 0) is 5.92 Å². The molecule has 70 valence electrons. The summed E-state index contributed by atoms with van der Waals surface area (Å²) in [6, 6.07) is 0. The van der Waals surface area contributed by atoms with Gasteiger partial charge in [0.15, 0.2) is 5.79 Å². The summed E-state index contributed by atoms with van der Waals surface area (Å²) in [6.45, 7) is 3.31. The van der Waals surface area contributed by atoms with E-state index in [0.29, 0.717) is 19.6 Å². The number of hydrogen-bond acceptors (Lipinski definition) is 2. The van der Waals surface area contributed by atoms with E-state index in [1.54, 1.807) is 0 Å². The molecule has 1 aliphatic heterocycles. The van der Waals surface area contributed by atoms with Crippen molar-refractivity contribution >= 4 is 23.2 Å². The molecule has 2 nitrogen and oxygen atoms in total. The first-order chi connectivity index (χ1) is 5.66. The van der Waals surface area contributed by atoms with Crippen LogP contribution in [0.5, 0.6) is 0 Å². The number of alkyl halides is 2. The summed E-state index contributed by atoms with van der Waals surface area (Å²) in [4.78, 5) is 0. The fourth-order valence-corrected chi connectivity index (χ4v) is 2.73. The second kappa shape index (κ2) is 3.02. The maximum atomic E-state index is 6.19. The predicted octanol–water partition coefficient (Wildman–Crippen LogP) is 1.98. The molecule has 0 aromatic heterocycles. The van der Waals surface area contributed by atoms with Crippen LogP contribution in [0.25, 0.3) is 0 Å². The van der Waals surface area contributed by atoms with E-state index in [1.165, 1.54) is 0 Å². The summed E-state index contributed by atoms with van der Waals surface area (Å²) in [6.07, 6.45) is 0.712. The molecule has 0 aromatic rings. The quantitative estimate of drug-likeness (QED) is 0.570. The van der Waals surface area contributed by atoms with Gasteiger partial charge in [-0.15, -0.1) is 23.2 Å². The lowest BCUT2D eigenvalue weighted by Gasteiger charge is -2.25. The molecule has 4 heteroatoms. The maximum Gasteiger partial charge on any atom is 0.186 e. The molecule has 2 rings (SSSR count). The van der Waals surface area contributed by atoms with E-state index in [1.807, 2.05) is 6.92 Å². The molecule has 0 N–H and O–H groups in total. The molecule has 0 radical (unpaired) electrons. The third-order valence-electron chi connectivity index (χ3n) is 2.71. The Morgan fingerprint density at radius 1 is 1.25 bits per heavy atom. The molecule has 1 saturated carbocycles. The van der Waals surface area contributed by atoms with Crippen molar-refractivity contribution in [2.24, 2.45) is 5.92 Å². The molecule has 1 heterocycles. The first kappa shape index (κ1) is 9.07. The fraction of sp³-hybridized carbons (Fsp3) is 1.00. The van der Waals surface area contributed by atoms with E-state index >= 15 is 0 Å². The molecule has 1 spiro atoms. The van der Waals surface area contributed by atoms with Crippen LogP contribution in [0.1, 0.15) is 13.3 Å². The molecule has 1 saturated heterocycles. The van der Waals surface area contributed by atoms with E-state index in [-0.39, 0.29) is 16.7 Å². The highest BCUT2D eigenvalue weighted by Crippen LogP contribution is 2.46. The lowest BCUT2D eigenvalue weighted by Crippen LogP contribution is -2.37. The van der Waals surface area contributed by atoms with Crippen molar-refractivity contribution in [1.82, 2.24) is 0 Å². The number of halogens is 2. The zero-order valence-electron chi connectivity index (χ0n) is 6.93. The summed E-state index contributed by atoms with van der Waals surface area (Å²) < 4.78 is 11.0. The molecule has 3 atom stereocenters. The van der Waals surface area contributed by atoms with E-state index < -0.39 is 5.79 Å². The largest absolute Gasteiger partial charge is 0.346 e. The monoisotopic (exact) mass is 210 g/mol. The average molecular weight is 211 g/mol. The fourth-order valence-electron chi connectivity index (χ4n) is 1.90. The lowest BCUT2D eigenvalue weighted by molar-refractivity contribution is -0.148. The van der Waals surface area contributed by atoms with Gasteiger partial charge < -0.3 is 9.47 Å². The normalized spacial score (nSPS) is 45.8. The minimum Gasteiger partial charge on any atom is -0.346 e. The van der Waals surface area contributed by atoms with E-state index in [2.05, 4.69) is 0 Å². The molecule has 2 fully saturated rings. The van der Waals surface area contributed by atoms with E-state index in [0.717, 1.165) is 0 Å². The Kier molecular flexibility index (Phi) is 2.28. The highest BCUT2D eigenvalue weighted by atomic mass is 35.5. The molecule has 1 aliphatic carbocycles. The standard InChI is InChI=1S/C8H12Cl2O2/c1-5-6(9)4-8(7(5)10)11-2-3-12-8/h5-7H,2-4H2,1H3/t5-,6-,7+/m1/s1. The SMILES string of the molecule is C[C@@H]1[C@H](Cl)CC2(OCCO2)[C@H]1Cl. The number of ether oxygens (including phenoxy) is 2. The van der Waals surface area contributed by atoms with Gasteiger partial charge in [0.2, 0.25) is 0 Å². The summed E-state index contributed by atoms with van der Waals surface area (Å²) in [7, 11) is 0. The minimum absolute atomic E-state index is 0.0746. The van der Waals surface area contributed by atoms with Crippen molar-refractivity contribution in [3.05, 3.63) is 0 Å². The Balaban J connectivity index is 2.17. The third-order valence-corrected chi connectivity index (χ3v) is 3.99. The highest BCUT2D eigenvalue weighted by molar-refractivity contribution is 6.25. The van der Waals surface area contributed by atoms with Crippen LogP contribution in [0.2, 0.25) is 0 Å². The van der Waals surface area contributed by atoms with Crippen LogP contribution in [0.4, 0.5) is 0 Å². The lowest BCUT2D eigenvalue weighted by atomic mass is 10.1. The van der Waals surface area contributed by atoms with E-state index in [9.17, 15) is 0 Å². The topological polar surface area (TPSA) is 18.5 Å². The predicted molar refractivity (Wildman–Crippen MR) is 47.7 cm³/mol. The van der Waals surface area contributed by atoms with Crippen LogP contribution in [-0.2, 0) is 9.47 Å². The van der Waals surface area contributed by atoms with Gasteiger partial charge in [-0.3, -0.25) is 0 Å². The molecule has 12 heavy (non-hydrogen) atoms. The molecule has 0 aromatic carbocycles. The van der Waals surface area contributed by atoms with Crippen molar-refractivity contribution in [1.29, 1.82) is 0 Å². The zero-order valence-corrected chi connectivity index (χ0v) is 8.44. The van der Waals surface area contributed by atoms with Gasteiger partial charge in [0.25, 0.3) is 0 Å². The molecular weight excluding hydrogens is 199 g/mol. The molecule has 2 aliphatic rings. The van der Waals surface area contributed by atoms with Crippen LogP contribution in [0.15, 0.2) is 0 Å². The van der Waals surface area contributed by atoms with Crippen LogP contribution in [-0.4, -0.2) is 29.8 Å². The van der Waals surface area contributed by atoms with Crippen LogP contribution >= 0.6 is 23.2 Å². The molecular formula is C8H12Cl2O2. The van der Waals surface area contributed by atoms with Gasteiger partial charge in [-0.2, -0.15) is 0 Å². The van der Waals surface area contributed by atoms with Gasteiger partial charge in [0.1, 0.15) is 0 Å². The number of rotatable bonds is 0. The van der Waals surface area contributed by atoms with Crippen LogP contribution in [0, 0.1) is 5.92 Å². The van der Waals surface area contributed by atoms with E-state index in [4.69, 9.17) is 32.7 Å². The summed E-state index contributed by atoms with van der Waals surface area (Å²) in [5.74, 6) is -0.320. The Bertz CT molecular complexity index is 180. The second-order valence-electron chi connectivity index (χ2n) is 3.49. The Morgan fingerprint density at radius 3 is 2.25 bits per heavy atom. The summed E-state index contributed by atoms with van der Waals surface area (Å²) >= 11 is 12.3. The van der Waals surface area contributed by atoms with Crippen molar-refractivity contribution in [2.75, 3.05) is 13.2 Å². The molecule has 0 amide bonds. The van der Waals surface area contributed by atoms with Crippen molar-refractivity contribution in [2.45, 2.75) is 29.9 Å². The molecule has 0 bridgehead atoms. The van der Waals surface area contributed by atoms with Crippen molar-refractivity contribution < 1.29 is 9.47 Å². The first-order valence-corrected chi connectivity index (χ1v) is 5.09. The highest BCUT2D eigenvalue weighted by Gasteiger charge is 2.54. The zero-order chi connectivity index (χ0) is 8.77. The van der Waals surface area contributed by atoms with Gasteiger partial charge >= 0.3 is 0 Å². The van der Waals surface area contributed by atoms with Gasteiger partial charge in [0.05, 0.1) is 18.6 Å². The second-order valence-corrected chi connectivity index (χ2v) is 4.52. The Labute approximate surface area is 82.1 Å². The van der Waals surface area contributed by atoms with Gasteiger partial charge in [-0.1, -0.05) is 6.92 Å². The van der Waals surface area contributed by atoms with Gasteiger partial charge in [-0.25, -0.2) is 0 Å². The average Bonchev–Trinajstić information content (AvgIpc) is 2.57. The summed E-state index contributed by atoms with van der Waals surface area (Å²) in [5.41, 5.74) is 0. The van der Waals surface area contributed by atoms with Crippen LogP contribution < -0.4 is 0 Å². The van der Waals surface area contributed by atoms with Crippen molar-refractivity contribution in [3.63, 3.8) is 0 Å². The van der Waals surface area contributed by atoms with Crippen LogP contribution in [0.3, 0.4) is 0 Å². The number of hydrogen-bond donors (Lipinski definition) is 0. The van der Waals surface area contributed by atoms with Crippen molar-refractivity contribution in [3.8, 4) is 0 Å².